The average molecular weight is 273 g/mol. The molecule has 1 fully saturated rings. The van der Waals surface area contributed by atoms with Crippen LogP contribution in [0.15, 0.2) is 29.6 Å². The van der Waals surface area contributed by atoms with E-state index in [-0.39, 0.29) is 23.2 Å². The van der Waals surface area contributed by atoms with E-state index in [1.807, 2.05) is 17.8 Å². The molecule has 1 amide bonds. The summed E-state index contributed by atoms with van der Waals surface area (Å²) >= 11 is 0. The van der Waals surface area contributed by atoms with Crippen molar-refractivity contribution in [3.63, 3.8) is 0 Å². The summed E-state index contributed by atoms with van der Waals surface area (Å²) in [7, 11) is 1.90. The minimum atomic E-state index is -0.329. The van der Waals surface area contributed by atoms with Crippen molar-refractivity contribution in [2.45, 2.75) is 18.9 Å². The lowest BCUT2D eigenvalue weighted by Gasteiger charge is -2.17. The van der Waals surface area contributed by atoms with Crippen molar-refractivity contribution in [2.75, 3.05) is 0 Å². The van der Waals surface area contributed by atoms with Crippen LogP contribution >= 0.6 is 0 Å². The van der Waals surface area contributed by atoms with E-state index in [9.17, 15) is 9.59 Å². The van der Waals surface area contributed by atoms with Crippen LogP contribution in [0.1, 0.15) is 35.2 Å². The Morgan fingerprint density at radius 3 is 2.85 bits per heavy atom. The van der Waals surface area contributed by atoms with Crippen molar-refractivity contribution in [1.29, 1.82) is 0 Å². The fourth-order valence-electron chi connectivity index (χ4n) is 2.18. The van der Waals surface area contributed by atoms with Gasteiger partial charge in [0, 0.05) is 25.6 Å². The highest BCUT2D eigenvalue weighted by Crippen LogP contribution is 2.40. The summed E-state index contributed by atoms with van der Waals surface area (Å²) in [5, 5.41) is 2.95. The summed E-state index contributed by atoms with van der Waals surface area (Å²) in [6.07, 6.45) is 8.15. The van der Waals surface area contributed by atoms with Crippen LogP contribution in [0.3, 0.4) is 0 Å². The zero-order chi connectivity index (χ0) is 14.1. The number of H-pyrrole nitrogens is 1. The topological polar surface area (TPSA) is 92.7 Å². The fraction of sp³-hybridized carbons (Fsp3) is 0.385. The molecule has 2 aromatic rings. The highest BCUT2D eigenvalue weighted by atomic mass is 16.2. The van der Waals surface area contributed by atoms with Crippen molar-refractivity contribution in [1.82, 2.24) is 24.8 Å². The van der Waals surface area contributed by atoms with Crippen LogP contribution in [-0.4, -0.2) is 25.4 Å². The maximum Gasteiger partial charge on any atom is 0.271 e. The van der Waals surface area contributed by atoms with Crippen molar-refractivity contribution in [3.05, 3.63) is 46.7 Å². The van der Waals surface area contributed by atoms with E-state index >= 15 is 0 Å². The van der Waals surface area contributed by atoms with Gasteiger partial charge in [-0.1, -0.05) is 0 Å². The molecule has 2 N–H and O–H groups in total. The Hall–Kier alpha value is -2.44. The van der Waals surface area contributed by atoms with E-state index in [4.69, 9.17) is 0 Å². The molecule has 0 saturated heterocycles. The molecule has 0 bridgehead atoms. The molecular weight excluding hydrogens is 258 g/mol. The first kappa shape index (κ1) is 12.6. The molecular formula is C13H15N5O2. The van der Waals surface area contributed by atoms with Crippen LogP contribution in [-0.2, 0) is 7.05 Å². The molecule has 1 aliphatic rings. The van der Waals surface area contributed by atoms with Gasteiger partial charge in [-0.25, -0.2) is 9.97 Å². The zero-order valence-electron chi connectivity index (χ0n) is 11.0. The van der Waals surface area contributed by atoms with Crippen LogP contribution < -0.4 is 10.9 Å². The summed E-state index contributed by atoms with van der Waals surface area (Å²) in [4.78, 5) is 33.7. The number of carbonyl (C=O) groups excluding carboxylic acids is 1. The second-order valence-corrected chi connectivity index (χ2v) is 4.98. The Morgan fingerprint density at radius 2 is 2.30 bits per heavy atom. The van der Waals surface area contributed by atoms with Crippen LogP contribution in [0.25, 0.3) is 0 Å². The summed E-state index contributed by atoms with van der Waals surface area (Å²) in [5.41, 5.74) is -0.131. The molecule has 104 valence electrons. The van der Waals surface area contributed by atoms with Gasteiger partial charge in [-0.05, 0) is 18.8 Å². The number of nitrogens with one attached hydrogen (secondary N) is 2. The Kier molecular flexibility index (Phi) is 3.09. The number of rotatable bonds is 4. The lowest BCUT2D eigenvalue weighted by molar-refractivity contribution is 0.0923. The van der Waals surface area contributed by atoms with E-state index in [0.717, 1.165) is 24.9 Å². The van der Waals surface area contributed by atoms with E-state index in [1.54, 1.807) is 6.20 Å². The Balaban J connectivity index is 1.80. The highest BCUT2D eigenvalue weighted by Gasteiger charge is 2.36. The molecule has 2 aromatic heterocycles. The number of nitrogens with zero attached hydrogens (tertiary/aromatic N) is 3. The van der Waals surface area contributed by atoms with Crippen LogP contribution in [0, 0.1) is 5.92 Å². The third-order valence-electron chi connectivity index (χ3n) is 3.42. The molecule has 2 heterocycles. The smallest absolute Gasteiger partial charge is 0.271 e. The molecule has 20 heavy (non-hydrogen) atoms. The Labute approximate surface area is 115 Å². The quantitative estimate of drug-likeness (QED) is 0.842. The summed E-state index contributed by atoms with van der Waals surface area (Å²) in [6.45, 7) is 0. The molecule has 0 spiro atoms. The maximum atomic E-state index is 12.2. The molecule has 3 rings (SSSR count). The average Bonchev–Trinajstić information content (AvgIpc) is 3.19. The summed E-state index contributed by atoms with van der Waals surface area (Å²) < 4.78 is 1.91. The van der Waals surface area contributed by atoms with Gasteiger partial charge in [-0.15, -0.1) is 0 Å². The van der Waals surface area contributed by atoms with Gasteiger partial charge in [0.25, 0.3) is 11.5 Å². The van der Waals surface area contributed by atoms with Crippen LogP contribution in [0.5, 0.6) is 0 Å². The van der Waals surface area contributed by atoms with Crippen LogP contribution in [0.2, 0.25) is 0 Å². The second kappa shape index (κ2) is 4.92. The second-order valence-electron chi connectivity index (χ2n) is 4.98. The molecule has 0 radical (unpaired) electrons. The number of aromatic nitrogens is 4. The number of hydrogen-bond donors (Lipinski definition) is 2. The molecule has 0 aliphatic heterocycles. The van der Waals surface area contributed by atoms with E-state index in [2.05, 4.69) is 20.3 Å². The van der Waals surface area contributed by atoms with Gasteiger partial charge in [0.15, 0.2) is 0 Å². The first-order valence-corrected chi connectivity index (χ1v) is 6.48. The highest BCUT2D eigenvalue weighted by molar-refractivity contribution is 5.92. The van der Waals surface area contributed by atoms with Gasteiger partial charge < -0.3 is 14.9 Å². The number of carbonyl (C=O) groups is 1. The summed E-state index contributed by atoms with van der Waals surface area (Å²) in [6, 6.07) is -0.115. The molecule has 7 heteroatoms. The van der Waals surface area contributed by atoms with Gasteiger partial charge in [-0.2, -0.15) is 0 Å². The van der Waals surface area contributed by atoms with E-state index in [1.165, 1.54) is 6.20 Å². The number of hydrogen-bond acceptors (Lipinski definition) is 4. The first-order valence-electron chi connectivity index (χ1n) is 6.48. The molecule has 7 nitrogen and oxygen atoms in total. The van der Waals surface area contributed by atoms with Crippen molar-refractivity contribution in [2.24, 2.45) is 13.0 Å². The number of imidazole rings is 1. The van der Waals surface area contributed by atoms with Gasteiger partial charge in [0.2, 0.25) is 0 Å². The zero-order valence-corrected chi connectivity index (χ0v) is 11.0. The summed E-state index contributed by atoms with van der Waals surface area (Å²) in [5.74, 6) is 0.953. The molecule has 1 unspecified atom stereocenters. The van der Waals surface area contributed by atoms with Crippen molar-refractivity contribution >= 4 is 5.91 Å². The van der Waals surface area contributed by atoms with Gasteiger partial charge in [0.1, 0.15) is 11.5 Å². The number of aromatic amines is 1. The predicted octanol–water partition coefficient (Wildman–Crippen LogP) is 0.384. The lowest BCUT2D eigenvalue weighted by Crippen LogP contribution is -2.32. The SMILES string of the molecule is Cn1ccnc1C(NC(=O)c1c[nH]c(=O)cn1)C1CC1. The number of aryl methyl sites for hydroxylation is 1. The molecule has 1 saturated carbocycles. The molecule has 1 aliphatic carbocycles. The normalized spacial score (nSPS) is 15.8. The van der Waals surface area contributed by atoms with Crippen LogP contribution in [0.4, 0.5) is 0 Å². The van der Waals surface area contributed by atoms with Crippen molar-refractivity contribution < 1.29 is 4.79 Å². The van der Waals surface area contributed by atoms with Gasteiger partial charge in [0.05, 0.1) is 12.2 Å². The standard InChI is InChI=1S/C13H15N5O2/c1-18-5-4-14-12(18)11(8-2-3-8)17-13(20)9-6-16-10(19)7-15-9/h4-8,11H,2-3H2,1H3,(H,16,19)(H,17,20). The maximum absolute atomic E-state index is 12.2. The third-order valence-corrected chi connectivity index (χ3v) is 3.42. The predicted molar refractivity (Wildman–Crippen MR) is 71.0 cm³/mol. The molecule has 0 aromatic carbocycles. The van der Waals surface area contributed by atoms with Gasteiger partial charge in [-0.3, -0.25) is 9.59 Å². The Morgan fingerprint density at radius 1 is 1.50 bits per heavy atom. The van der Waals surface area contributed by atoms with Crippen molar-refractivity contribution in [3.8, 4) is 0 Å². The Bertz CT molecular complexity index is 666. The third kappa shape index (κ3) is 2.47. The monoisotopic (exact) mass is 273 g/mol. The minimum absolute atomic E-state index is 0.115. The molecule has 1 atom stereocenters. The first-order chi connectivity index (χ1) is 9.65. The minimum Gasteiger partial charge on any atom is -0.340 e. The fourth-order valence-corrected chi connectivity index (χ4v) is 2.18. The lowest BCUT2D eigenvalue weighted by atomic mass is 10.1. The van der Waals surface area contributed by atoms with E-state index in [0.29, 0.717) is 5.92 Å². The van der Waals surface area contributed by atoms with E-state index < -0.39 is 0 Å². The van der Waals surface area contributed by atoms with Gasteiger partial charge >= 0.3 is 0 Å². The largest absolute Gasteiger partial charge is 0.340 e. The number of amides is 1.